The van der Waals surface area contributed by atoms with Crippen molar-refractivity contribution in [2.24, 2.45) is 0 Å². The molecule has 7 heteroatoms. The number of hydrogen-bond donors (Lipinski definition) is 2. The molecule has 0 radical (unpaired) electrons. The highest BCUT2D eigenvalue weighted by Gasteiger charge is 2.20. The summed E-state index contributed by atoms with van der Waals surface area (Å²) in [6, 6.07) is 8.42. The molecule has 0 atom stereocenters. The second-order valence-corrected chi connectivity index (χ2v) is 5.47. The van der Waals surface area contributed by atoms with E-state index in [1.54, 1.807) is 44.3 Å². The average Bonchev–Trinajstić information content (AvgIpc) is 2.38. The van der Waals surface area contributed by atoms with E-state index in [1.165, 1.54) is 6.20 Å². The van der Waals surface area contributed by atoms with E-state index in [-0.39, 0.29) is 10.8 Å². The van der Waals surface area contributed by atoms with Gasteiger partial charge >= 0.3 is 0 Å². The predicted octanol–water partition coefficient (Wildman–Crippen LogP) is 1.63. The molecule has 0 saturated carbocycles. The van der Waals surface area contributed by atoms with E-state index in [0.717, 1.165) is 5.69 Å². The van der Waals surface area contributed by atoms with Crippen molar-refractivity contribution in [2.75, 3.05) is 17.1 Å². The number of anilines is 2. The quantitative estimate of drug-likeness (QED) is 0.888. The number of aryl methyl sites for hydroxylation is 1. The van der Waals surface area contributed by atoms with E-state index in [1.807, 2.05) is 0 Å². The average molecular weight is 278 g/mol. The normalized spacial score (nSPS) is 11.1. The first-order valence-electron chi connectivity index (χ1n) is 5.62. The molecule has 0 bridgehead atoms. The third-order valence-corrected chi connectivity index (χ3v) is 3.73. The number of rotatable bonds is 4. The maximum absolute atomic E-state index is 12.2. The SMILES string of the molecule is CNc1cccnc1S(=O)(=O)Nc1cccc(C)n1. The molecule has 0 fully saturated rings. The lowest BCUT2D eigenvalue weighted by Gasteiger charge is -2.10. The summed E-state index contributed by atoms with van der Waals surface area (Å²) in [6.07, 6.45) is 1.43. The summed E-state index contributed by atoms with van der Waals surface area (Å²) in [5.41, 5.74) is 1.16. The van der Waals surface area contributed by atoms with Gasteiger partial charge in [-0.15, -0.1) is 0 Å². The highest BCUT2D eigenvalue weighted by atomic mass is 32.2. The Balaban J connectivity index is 2.38. The van der Waals surface area contributed by atoms with E-state index in [9.17, 15) is 8.42 Å². The zero-order valence-electron chi connectivity index (χ0n) is 10.6. The minimum Gasteiger partial charge on any atom is -0.386 e. The molecule has 0 unspecified atom stereocenters. The minimum absolute atomic E-state index is 0.0548. The monoisotopic (exact) mass is 278 g/mol. The first kappa shape index (κ1) is 13.3. The molecule has 0 aliphatic carbocycles. The number of nitrogens with one attached hydrogen (secondary N) is 2. The highest BCUT2D eigenvalue weighted by molar-refractivity contribution is 7.92. The van der Waals surface area contributed by atoms with Gasteiger partial charge in [-0.25, -0.2) is 9.97 Å². The van der Waals surface area contributed by atoms with Gasteiger partial charge in [-0.05, 0) is 31.2 Å². The van der Waals surface area contributed by atoms with Crippen LogP contribution in [0.1, 0.15) is 5.69 Å². The summed E-state index contributed by atoms with van der Waals surface area (Å²) in [6.45, 7) is 1.79. The zero-order chi connectivity index (χ0) is 13.9. The van der Waals surface area contributed by atoms with Crippen molar-refractivity contribution in [3.05, 3.63) is 42.2 Å². The van der Waals surface area contributed by atoms with Crippen molar-refractivity contribution in [1.82, 2.24) is 9.97 Å². The molecular weight excluding hydrogens is 264 g/mol. The maximum atomic E-state index is 12.2. The predicted molar refractivity (Wildman–Crippen MR) is 73.6 cm³/mol. The molecule has 0 aliphatic heterocycles. The van der Waals surface area contributed by atoms with E-state index in [0.29, 0.717) is 5.69 Å². The Labute approximate surface area is 112 Å². The molecule has 2 rings (SSSR count). The van der Waals surface area contributed by atoms with Gasteiger partial charge in [0.15, 0.2) is 5.03 Å². The minimum atomic E-state index is -3.76. The molecular formula is C12H14N4O2S. The number of pyridine rings is 2. The standard InChI is InChI=1S/C12H14N4O2S/c1-9-5-3-7-11(15-9)16-19(17,18)12-10(13-2)6-4-8-14-12/h3-8,13H,1-2H3,(H,15,16). The Morgan fingerprint density at radius 2 is 1.95 bits per heavy atom. The number of nitrogens with zero attached hydrogens (tertiary/aromatic N) is 2. The van der Waals surface area contributed by atoms with Gasteiger partial charge in [0, 0.05) is 18.9 Å². The van der Waals surface area contributed by atoms with Crippen LogP contribution in [0.5, 0.6) is 0 Å². The lowest BCUT2D eigenvalue weighted by molar-refractivity contribution is 0.598. The Hall–Kier alpha value is -2.15. The number of hydrogen-bond acceptors (Lipinski definition) is 5. The van der Waals surface area contributed by atoms with Crippen molar-refractivity contribution in [2.45, 2.75) is 11.9 Å². The molecule has 2 N–H and O–H groups in total. The van der Waals surface area contributed by atoms with Gasteiger partial charge in [-0.2, -0.15) is 8.42 Å². The fraction of sp³-hybridized carbons (Fsp3) is 0.167. The van der Waals surface area contributed by atoms with Gasteiger partial charge in [-0.1, -0.05) is 6.07 Å². The van der Waals surface area contributed by atoms with E-state index >= 15 is 0 Å². The van der Waals surface area contributed by atoms with Crippen molar-refractivity contribution in [1.29, 1.82) is 0 Å². The molecule has 19 heavy (non-hydrogen) atoms. The third kappa shape index (κ3) is 3.00. The number of aromatic nitrogens is 2. The lowest BCUT2D eigenvalue weighted by Crippen LogP contribution is -2.17. The molecule has 0 spiro atoms. The van der Waals surface area contributed by atoms with Gasteiger partial charge in [0.25, 0.3) is 10.0 Å². The van der Waals surface area contributed by atoms with Crippen molar-refractivity contribution >= 4 is 21.5 Å². The largest absolute Gasteiger partial charge is 0.386 e. The summed E-state index contributed by atoms with van der Waals surface area (Å²) < 4.78 is 26.9. The Morgan fingerprint density at radius 1 is 1.16 bits per heavy atom. The Kier molecular flexibility index (Phi) is 3.66. The molecule has 2 aromatic rings. The summed E-state index contributed by atoms with van der Waals surface area (Å²) in [4.78, 5) is 8.00. The molecule has 6 nitrogen and oxygen atoms in total. The zero-order valence-corrected chi connectivity index (χ0v) is 11.4. The van der Waals surface area contributed by atoms with Crippen LogP contribution in [0.3, 0.4) is 0 Å². The van der Waals surface area contributed by atoms with E-state index in [4.69, 9.17) is 0 Å². The van der Waals surface area contributed by atoms with Crippen LogP contribution in [0.15, 0.2) is 41.6 Å². The first-order valence-corrected chi connectivity index (χ1v) is 7.10. The Bertz CT molecular complexity index is 686. The second-order valence-electron chi connectivity index (χ2n) is 3.88. The van der Waals surface area contributed by atoms with Gasteiger partial charge in [0.2, 0.25) is 0 Å². The van der Waals surface area contributed by atoms with Crippen LogP contribution in [-0.2, 0) is 10.0 Å². The summed E-state index contributed by atoms with van der Waals surface area (Å²) >= 11 is 0. The molecule has 0 amide bonds. The van der Waals surface area contributed by atoms with E-state index < -0.39 is 10.0 Å². The van der Waals surface area contributed by atoms with Gasteiger partial charge in [0.1, 0.15) is 5.82 Å². The Morgan fingerprint density at radius 3 is 2.63 bits per heavy atom. The highest BCUT2D eigenvalue weighted by Crippen LogP contribution is 2.19. The third-order valence-electron chi connectivity index (χ3n) is 2.42. The second kappa shape index (κ2) is 5.23. The smallest absolute Gasteiger partial charge is 0.282 e. The van der Waals surface area contributed by atoms with Gasteiger partial charge in [-0.3, -0.25) is 4.72 Å². The van der Waals surface area contributed by atoms with Crippen LogP contribution in [-0.4, -0.2) is 25.4 Å². The van der Waals surface area contributed by atoms with Gasteiger partial charge in [0.05, 0.1) is 5.69 Å². The summed E-state index contributed by atoms with van der Waals surface area (Å²) in [5, 5.41) is 2.74. The molecule has 0 saturated heterocycles. The topological polar surface area (TPSA) is 84.0 Å². The molecule has 0 aromatic carbocycles. The van der Waals surface area contributed by atoms with Crippen molar-refractivity contribution < 1.29 is 8.42 Å². The fourth-order valence-electron chi connectivity index (χ4n) is 1.58. The molecule has 2 heterocycles. The first-order chi connectivity index (χ1) is 9.03. The van der Waals surface area contributed by atoms with Gasteiger partial charge < -0.3 is 5.32 Å². The van der Waals surface area contributed by atoms with E-state index in [2.05, 4.69) is 20.0 Å². The molecule has 0 aliphatic rings. The summed E-state index contributed by atoms with van der Waals surface area (Å²) in [7, 11) is -2.12. The van der Waals surface area contributed by atoms with Crippen LogP contribution in [0, 0.1) is 6.92 Å². The molecule has 2 aromatic heterocycles. The van der Waals surface area contributed by atoms with Crippen LogP contribution in [0.25, 0.3) is 0 Å². The van der Waals surface area contributed by atoms with Crippen LogP contribution < -0.4 is 10.0 Å². The fourth-order valence-corrected chi connectivity index (χ4v) is 2.73. The van der Waals surface area contributed by atoms with Crippen molar-refractivity contribution in [3.8, 4) is 0 Å². The van der Waals surface area contributed by atoms with Crippen LogP contribution in [0.4, 0.5) is 11.5 Å². The van der Waals surface area contributed by atoms with Crippen LogP contribution in [0.2, 0.25) is 0 Å². The van der Waals surface area contributed by atoms with Crippen molar-refractivity contribution in [3.63, 3.8) is 0 Å². The number of sulfonamides is 1. The molecule has 100 valence electrons. The lowest BCUT2D eigenvalue weighted by atomic mass is 10.4. The van der Waals surface area contributed by atoms with Crippen LogP contribution >= 0.6 is 0 Å². The maximum Gasteiger partial charge on any atom is 0.282 e. The summed E-state index contributed by atoms with van der Waals surface area (Å²) in [5.74, 6) is 0.271.